The highest BCUT2D eigenvalue weighted by atomic mass is 16.5. The van der Waals surface area contributed by atoms with Crippen molar-refractivity contribution in [3.8, 4) is 0 Å². The first-order chi connectivity index (χ1) is 6.29. The second-order valence-corrected chi connectivity index (χ2v) is 4.40. The predicted molar refractivity (Wildman–Crippen MR) is 52.9 cm³/mol. The van der Waals surface area contributed by atoms with E-state index in [1.54, 1.807) is 0 Å². The van der Waals surface area contributed by atoms with Gasteiger partial charge in [0.2, 0.25) is 0 Å². The van der Waals surface area contributed by atoms with Crippen LogP contribution in [-0.4, -0.2) is 50.3 Å². The summed E-state index contributed by atoms with van der Waals surface area (Å²) in [5, 5.41) is 3.68. The molecule has 0 aromatic rings. The fourth-order valence-electron chi connectivity index (χ4n) is 2.51. The molecule has 3 heteroatoms. The number of ether oxygens (including phenoxy) is 1. The zero-order valence-electron chi connectivity index (χ0n) is 8.62. The summed E-state index contributed by atoms with van der Waals surface area (Å²) >= 11 is 0. The number of nitrogens with zero attached hydrogens (tertiary/aromatic N) is 1. The van der Waals surface area contributed by atoms with E-state index in [1.165, 1.54) is 32.4 Å². The van der Waals surface area contributed by atoms with Gasteiger partial charge in [-0.2, -0.15) is 0 Å². The quantitative estimate of drug-likeness (QED) is 0.689. The van der Waals surface area contributed by atoms with Gasteiger partial charge in [0, 0.05) is 32.3 Å². The molecule has 3 nitrogen and oxygen atoms in total. The Hall–Kier alpha value is -0.120. The van der Waals surface area contributed by atoms with Gasteiger partial charge in [0.05, 0.1) is 6.10 Å². The lowest BCUT2D eigenvalue weighted by atomic mass is 10.1. The highest BCUT2D eigenvalue weighted by Gasteiger charge is 2.32. The Labute approximate surface area is 80.4 Å². The largest absolute Gasteiger partial charge is 0.380 e. The molecule has 1 saturated heterocycles. The van der Waals surface area contributed by atoms with E-state index in [0.29, 0.717) is 18.2 Å². The molecule has 0 aromatic carbocycles. The third-order valence-electron chi connectivity index (χ3n) is 3.27. The molecule has 0 amide bonds. The van der Waals surface area contributed by atoms with E-state index in [9.17, 15) is 0 Å². The lowest BCUT2D eigenvalue weighted by Crippen LogP contribution is -2.59. The molecule has 0 radical (unpaired) electrons. The fourth-order valence-corrected chi connectivity index (χ4v) is 2.51. The van der Waals surface area contributed by atoms with Crippen molar-refractivity contribution < 1.29 is 4.74 Å². The molecule has 0 aromatic heterocycles. The van der Waals surface area contributed by atoms with Crippen molar-refractivity contribution in [1.29, 1.82) is 0 Å². The van der Waals surface area contributed by atoms with Gasteiger partial charge in [0.25, 0.3) is 0 Å². The van der Waals surface area contributed by atoms with Crippen LogP contribution in [0.5, 0.6) is 0 Å². The van der Waals surface area contributed by atoms with Gasteiger partial charge in [0.15, 0.2) is 0 Å². The molecule has 2 aliphatic rings. The van der Waals surface area contributed by atoms with Crippen molar-refractivity contribution in [2.45, 2.75) is 37.5 Å². The van der Waals surface area contributed by atoms with Crippen LogP contribution >= 0.6 is 0 Å². The van der Waals surface area contributed by atoms with Crippen LogP contribution in [0.15, 0.2) is 0 Å². The first-order valence-corrected chi connectivity index (χ1v) is 5.27. The maximum atomic E-state index is 5.44. The minimum Gasteiger partial charge on any atom is -0.380 e. The van der Waals surface area contributed by atoms with Crippen LogP contribution in [0.2, 0.25) is 0 Å². The molecule has 1 aliphatic carbocycles. The number of likely N-dealkylation sites (tertiary alicyclic amines) is 1. The molecule has 1 saturated carbocycles. The molecule has 2 fully saturated rings. The van der Waals surface area contributed by atoms with Crippen molar-refractivity contribution in [2.24, 2.45) is 0 Å². The van der Waals surface area contributed by atoms with Crippen molar-refractivity contribution in [3.05, 3.63) is 0 Å². The van der Waals surface area contributed by atoms with Crippen molar-refractivity contribution in [3.63, 3.8) is 0 Å². The van der Waals surface area contributed by atoms with E-state index < -0.39 is 0 Å². The molecule has 2 atom stereocenters. The average Bonchev–Trinajstić information content (AvgIpc) is 2.49. The molecule has 0 bridgehead atoms. The molecule has 13 heavy (non-hydrogen) atoms. The number of hydrogen-bond acceptors (Lipinski definition) is 3. The number of methoxy groups -OCH3 is 1. The number of nitrogens with one attached hydrogen (secondary N) is 1. The van der Waals surface area contributed by atoms with Gasteiger partial charge in [0.1, 0.15) is 0 Å². The average molecular weight is 184 g/mol. The molecule has 0 spiro atoms. The number of likely N-dealkylation sites (N-methyl/N-ethyl adjacent to an activating group) is 1. The van der Waals surface area contributed by atoms with Gasteiger partial charge < -0.3 is 15.0 Å². The first kappa shape index (κ1) is 9.44. The van der Waals surface area contributed by atoms with Crippen LogP contribution in [0.4, 0.5) is 0 Å². The van der Waals surface area contributed by atoms with Gasteiger partial charge in [-0.1, -0.05) is 0 Å². The van der Waals surface area contributed by atoms with Gasteiger partial charge in [-0.05, 0) is 26.3 Å². The van der Waals surface area contributed by atoms with E-state index in [0.717, 1.165) is 0 Å². The van der Waals surface area contributed by atoms with Crippen molar-refractivity contribution in [1.82, 2.24) is 10.2 Å². The lowest BCUT2D eigenvalue weighted by molar-refractivity contribution is 0.0649. The Kier molecular flexibility index (Phi) is 2.86. The molecular formula is C10H20N2O. The molecule has 1 heterocycles. The van der Waals surface area contributed by atoms with Gasteiger partial charge >= 0.3 is 0 Å². The summed E-state index contributed by atoms with van der Waals surface area (Å²) in [4.78, 5) is 2.34. The highest BCUT2D eigenvalue weighted by Crippen LogP contribution is 2.22. The topological polar surface area (TPSA) is 24.5 Å². The molecule has 76 valence electrons. The predicted octanol–water partition coefficient (Wildman–Crippen LogP) is 0.457. The molecule has 1 N–H and O–H groups in total. The number of hydrogen-bond donors (Lipinski definition) is 1. The Balaban J connectivity index is 1.74. The Morgan fingerprint density at radius 3 is 2.69 bits per heavy atom. The lowest BCUT2D eigenvalue weighted by Gasteiger charge is -2.39. The Bertz CT molecular complexity index is 168. The van der Waals surface area contributed by atoms with Gasteiger partial charge in [-0.3, -0.25) is 0 Å². The van der Waals surface area contributed by atoms with Gasteiger partial charge in [-0.25, -0.2) is 0 Å². The van der Waals surface area contributed by atoms with Crippen LogP contribution in [0.1, 0.15) is 19.3 Å². The summed E-state index contributed by atoms with van der Waals surface area (Å²) in [6, 6.07) is 1.33. The SMILES string of the molecule is COC1CCCC1NC1CN(C)C1. The molecule has 2 rings (SSSR count). The second-order valence-electron chi connectivity index (χ2n) is 4.40. The standard InChI is InChI=1S/C10H20N2O/c1-12-6-8(7-12)11-9-4-3-5-10(9)13-2/h8-11H,3-7H2,1-2H3. The smallest absolute Gasteiger partial charge is 0.0724 e. The highest BCUT2D eigenvalue weighted by molar-refractivity contribution is 4.91. The van der Waals surface area contributed by atoms with Crippen LogP contribution in [0, 0.1) is 0 Å². The van der Waals surface area contributed by atoms with E-state index >= 15 is 0 Å². The number of rotatable bonds is 3. The van der Waals surface area contributed by atoms with E-state index in [2.05, 4.69) is 17.3 Å². The zero-order chi connectivity index (χ0) is 9.26. The summed E-state index contributed by atoms with van der Waals surface area (Å²) in [6.07, 6.45) is 4.31. The second kappa shape index (κ2) is 3.95. The van der Waals surface area contributed by atoms with Crippen LogP contribution in [-0.2, 0) is 4.74 Å². The van der Waals surface area contributed by atoms with Crippen molar-refractivity contribution in [2.75, 3.05) is 27.2 Å². The maximum absolute atomic E-state index is 5.44. The maximum Gasteiger partial charge on any atom is 0.0724 e. The van der Waals surface area contributed by atoms with E-state index in [4.69, 9.17) is 4.74 Å². The minimum absolute atomic E-state index is 0.464. The summed E-state index contributed by atoms with van der Waals surface area (Å²) in [5.74, 6) is 0. The first-order valence-electron chi connectivity index (χ1n) is 5.27. The van der Waals surface area contributed by atoms with E-state index in [-0.39, 0.29) is 0 Å². The third-order valence-corrected chi connectivity index (χ3v) is 3.27. The monoisotopic (exact) mass is 184 g/mol. The zero-order valence-corrected chi connectivity index (χ0v) is 8.62. The fraction of sp³-hybridized carbons (Fsp3) is 1.00. The van der Waals surface area contributed by atoms with Gasteiger partial charge in [-0.15, -0.1) is 0 Å². The van der Waals surface area contributed by atoms with Crippen LogP contribution in [0.3, 0.4) is 0 Å². The molecule has 1 aliphatic heterocycles. The third kappa shape index (κ3) is 2.03. The molecular weight excluding hydrogens is 164 g/mol. The van der Waals surface area contributed by atoms with E-state index in [1.807, 2.05) is 7.11 Å². The Morgan fingerprint density at radius 1 is 1.31 bits per heavy atom. The summed E-state index contributed by atoms with van der Waals surface area (Å²) in [7, 11) is 4.00. The van der Waals surface area contributed by atoms with Crippen molar-refractivity contribution >= 4 is 0 Å². The summed E-state index contributed by atoms with van der Waals surface area (Å²) < 4.78 is 5.44. The Morgan fingerprint density at radius 2 is 2.08 bits per heavy atom. The molecule has 2 unspecified atom stereocenters. The minimum atomic E-state index is 0.464. The van der Waals surface area contributed by atoms with Crippen LogP contribution in [0.25, 0.3) is 0 Å². The summed E-state index contributed by atoms with van der Waals surface area (Å²) in [5.41, 5.74) is 0. The summed E-state index contributed by atoms with van der Waals surface area (Å²) in [6.45, 7) is 2.40. The van der Waals surface area contributed by atoms with Crippen LogP contribution < -0.4 is 5.32 Å². The normalized spacial score (nSPS) is 36.5.